The molecule has 0 bridgehead atoms. The van der Waals surface area contributed by atoms with Crippen LogP contribution in [0.1, 0.15) is 54.4 Å². The molecule has 0 heterocycles. The Morgan fingerprint density at radius 2 is 1.33 bits per heavy atom. The van der Waals surface area contributed by atoms with Gasteiger partial charge in [-0.25, -0.2) is 0 Å². The average molecular weight is 383 g/mol. The van der Waals surface area contributed by atoms with Crippen LogP contribution in [0.2, 0.25) is 0 Å². The van der Waals surface area contributed by atoms with E-state index < -0.39 is 12.1 Å². The van der Waals surface area contributed by atoms with Gasteiger partial charge in [0.05, 0.1) is 12.1 Å². The lowest BCUT2D eigenvalue weighted by molar-refractivity contribution is -0.144. The third kappa shape index (κ3) is 7.24. The minimum absolute atomic E-state index is 0.00768. The zero-order chi connectivity index (χ0) is 21.5. The highest BCUT2D eigenvalue weighted by atomic mass is 16.2. The van der Waals surface area contributed by atoms with Crippen LogP contribution in [-0.2, 0) is 14.4 Å². The zero-order valence-electron chi connectivity index (χ0n) is 18.7. The summed E-state index contributed by atoms with van der Waals surface area (Å²) >= 11 is 0. The van der Waals surface area contributed by atoms with Crippen LogP contribution >= 0.6 is 0 Å². The summed E-state index contributed by atoms with van der Waals surface area (Å²) in [5.74, 6) is -0.363. The molecule has 1 radical (unpaired) electrons. The molecule has 0 aliphatic carbocycles. The SMILES string of the molecule is [CH2]CCC(=O)[C@H](C(C)C)N(C)C(=O)[C@@H](NC(=O)[C@H](C(C)C)N(C)C)C(C)C. The zero-order valence-corrected chi connectivity index (χ0v) is 18.7. The van der Waals surface area contributed by atoms with Crippen molar-refractivity contribution < 1.29 is 14.4 Å². The number of nitrogens with one attached hydrogen (secondary N) is 1. The molecule has 27 heavy (non-hydrogen) atoms. The third-order valence-corrected chi connectivity index (χ3v) is 4.84. The molecule has 0 aliphatic heterocycles. The predicted octanol–water partition coefficient (Wildman–Crippen LogP) is 2.38. The van der Waals surface area contributed by atoms with Crippen LogP contribution in [0.5, 0.6) is 0 Å². The Morgan fingerprint density at radius 1 is 0.852 bits per heavy atom. The molecule has 1 N–H and O–H groups in total. The van der Waals surface area contributed by atoms with Gasteiger partial charge in [-0.15, -0.1) is 0 Å². The smallest absolute Gasteiger partial charge is 0.245 e. The molecule has 3 atom stereocenters. The Balaban J connectivity index is 5.53. The van der Waals surface area contributed by atoms with Crippen molar-refractivity contribution in [3.05, 3.63) is 6.92 Å². The first-order valence-electron chi connectivity index (χ1n) is 9.92. The molecular formula is C21H40N3O3. The van der Waals surface area contributed by atoms with Gasteiger partial charge in [-0.2, -0.15) is 0 Å². The van der Waals surface area contributed by atoms with Gasteiger partial charge in [-0.1, -0.05) is 48.5 Å². The highest BCUT2D eigenvalue weighted by molar-refractivity contribution is 5.93. The van der Waals surface area contributed by atoms with Crippen molar-refractivity contribution in [2.75, 3.05) is 21.1 Å². The number of likely N-dealkylation sites (N-methyl/N-ethyl adjacent to an activating group) is 2. The van der Waals surface area contributed by atoms with Crippen LogP contribution in [0, 0.1) is 24.7 Å². The summed E-state index contributed by atoms with van der Waals surface area (Å²) in [6.45, 7) is 15.4. The fraction of sp³-hybridized carbons (Fsp3) is 0.810. The van der Waals surface area contributed by atoms with Crippen LogP contribution in [-0.4, -0.2) is 66.7 Å². The fourth-order valence-electron chi connectivity index (χ4n) is 3.60. The van der Waals surface area contributed by atoms with Gasteiger partial charge < -0.3 is 10.2 Å². The van der Waals surface area contributed by atoms with Crippen molar-refractivity contribution >= 4 is 17.6 Å². The van der Waals surface area contributed by atoms with Gasteiger partial charge in [0.25, 0.3) is 0 Å². The van der Waals surface area contributed by atoms with Crippen molar-refractivity contribution in [3.63, 3.8) is 0 Å². The molecule has 0 saturated heterocycles. The number of amides is 2. The van der Waals surface area contributed by atoms with Crippen molar-refractivity contribution in [1.82, 2.24) is 15.1 Å². The molecule has 0 aliphatic rings. The van der Waals surface area contributed by atoms with E-state index >= 15 is 0 Å². The minimum Gasteiger partial charge on any atom is -0.343 e. The molecule has 6 nitrogen and oxygen atoms in total. The number of ketones is 1. The summed E-state index contributed by atoms with van der Waals surface area (Å²) in [4.78, 5) is 41.8. The van der Waals surface area contributed by atoms with Gasteiger partial charge in [0.15, 0.2) is 5.78 Å². The maximum absolute atomic E-state index is 13.2. The fourth-order valence-corrected chi connectivity index (χ4v) is 3.60. The second kappa shape index (κ2) is 11.4. The summed E-state index contributed by atoms with van der Waals surface area (Å²) < 4.78 is 0. The Kier molecular flexibility index (Phi) is 10.8. The topological polar surface area (TPSA) is 69.7 Å². The van der Waals surface area contributed by atoms with E-state index in [9.17, 15) is 14.4 Å². The molecule has 0 rings (SSSR count). The molecule has 2 amide bonds. The Hall–Kier alpha value is -1.43. The molecular weight excluding hydrogens is 342 g/mol. The maximum atomic E-state index is 13.2. The lowest BCUT2D eigenvalue weighted by atomic mass is 9.93. The van der Waals surface area contributed by atoms with E-state index in [0.29, 0.717) is 12.8 Å². The third-order valence-electron chi connectivity index (χ3n) is 4.84. The van der Waals surface area contributed by atoms with Crippen LogP contribution in [0.15, 0.2) is 0 Å². The Bertz CT molecular complexity index is 493. The maximum Gasteiger partial charge on any atom is 0.245 e. The number of carbonyl (C=O) groups is 3. The summed E-state index contributed by atoms with van der Waals surface area (Å²) in [6, 6.07) is -1.50. The summed E-state index contributed by atoms with van der Waals surface area (Å²) in [5, 5.41) is 2.93. The first-order valence-corrected chi connectivity index (χ1v) is 9.92. The number of hydrogen-bond donors (Lipinski definition) is 1. The molecule has 0 spiro atoms. The molecule has 0 aromatic carbocycles. The highest BCUT2D eigenvalue weighted by Gasteiger charge is 2.36. The van der Waals surface area contributed by atoms with Crippen molar-refractivity contribution in [2.45, 2.75) is 72.5 Å². The summed E-state index contributed by atoms with van der Waals surface area (Å²) in [7, 11) is 5.37. The summed E-state index contributed by atoms with van der Waals surface area (Å²) in [6.07, 6.45) is 0.850. The van der Waals surface area contributed by atoms with E-state index in [4.69, 9.17) is 0 Å². The average Bonchev–Trinajstić information content (AvgIpc) is 2.50. The molecule has 0 aromatic rings. The van der Waals surface area contributed by atoms with E-state index in [2.05, 4.69) is 12.2 Å². The first-order chi connectivity index (χ1) is 12.4. The van der Waals surface area contributed by atoms with Crippen LogP contribution in [0.25, 0.3) is 0 Å². The van der Waals surface area contributed by atoms with E-state index in [0.717, 1.165) is 0 Å². The molecule has 0 aromatic heterocycles. The van der Waals surface area contributed by atoms with Gasteiger partial charge in [0.2, 0.25) is 11.8 Å². The largest absolute Gasteiger partial charge is 0.343 e. The Morgan fingerprint density at radius 3 is 1.67 bits per heavy atom. The van der Waals surface area contributed by atoms with Gasteiger partial charge in [-0.3, -0.25) is 19.3 Å². The minimum atomic E-state index is -0.669. The quantitative estimate of drug-likeness (QED) is 0.596. The molecule has 0 saturated carbocycles. The van der Waals surface area contributed by atoms with Gasteiger partial charge >= 0.3 is 0 Å². The van der Waals surface area contributed by atoms with Gasteiger partial charge in [-0.05, 0) is 38.3 Å². The number of rotatable bonds is 11. The lowest BCUT2D eigenvalue weighted by Crippen LogP contribution is -2.58. The molecule has 0 fully saturated rings. The predicted molar refractivity (Wildman–Crippen MR) is 110 cm³/mol. The second-order valence-electron chi connectivity index (χ2n) is 8.59. The van der Waals surface area contributed by atoms with Crippen LogP contribution in [0.3, 0.4) is 0 Å². The van der Waals surface area contributed by atoms with Crippen LogP contribution < -0.4 is 5.32 Å². The number of Topliss-reactive ketones (excluding diaryl/α,β-unsaturated/α-hetero) is 1. The molecule has 157 valence electrons. The van der Waals surface area contributed by atoms with E-state index in [1.165, 1.54) is 4.90 Å². The highest BCUT2D eigenvalue weighted by Crippen LogP contribution is 2.17. The second-order valence-corrected chi connectivity index (χ2v) is 8.59. The molecule has 0 unspecified atom stereocenters. The van der Waals surface area contributed by atoms with Crippen molar-refractivity contribution in [3.8, 4) is 0 Å². The van der Waals surface area contributed by atoms with Crippen molar-refractivity contribution in [2.24, 2.45) is 17.8 Å². The lowest BCUT2D eigenvalue weighted by Gasteiger charge is -2.35. The van der Waals surface area contributed by atoms with Gasteiger partial charge in [0, 0.05) is 13.5 Å². The van der Waals surface area contributed by atoms with E-state index in [1.807, 2.05) is 60.5 Å². The standard InChI is InChI=1S/C21H40N3O3/c1-11-12-16(25)18(14(4)5)24(10)21(27)17(13(2)3)22-20(26)19(15(6)7)23(8)9/h13-15,17-19H,1,11-12H2,2-10H3,(H,22,26)/t17-,18-,19-/m0/s1. The summed E-state index contributed by atoms with van der Waals surface area (Å²) in [5.41, 5.74) is 0. The van der Waals surface area contributed by atoms with E-state index in [1.54, 1.807) is 7.05 Å². The normalized spacial score (nSPS) is 15.2. The van der Waals surface area contributed by atoms with Gasteiger partial charge in [0.1, 0.15) is 6.04 Å². The number of nitrogens with zero attached hydrogens (tertiary/aromatic N) is 2. The Labute approximate surface area is 166 Å². The number of hydrogen-bond acceptors (Lipinski definition) is 4. The monoisotopic (exact) mass is 382 g/mol. The molecule has 6 heteroatoms. The first kappa shape index (κ1) is 25.6. The van der Waals surface area contributed by atoms with Crippen LogP contribution in [0.4, 0.5) is 0 Å². The van der Waals surface area contributed by atoms with Crippen molar-refractivity contribution in [1.29, 1.82) is 0 Å². The van der Waals surface area contributed by atoms with E-state index in [-0.39, 0.29) is 41.4 Å². The number of carbonyl (C=O) groups excluding carboxylic acids is 3.